The lowest BCUT2D eigenvalue weighted by Gasteiger charge is -2.21. The van der Waals surface area contributed by atoms with E-state index >= 15 is 0 Å². The fourth-order valence-electron chi connectivity index (χ4n) is 2.07. The van der Waals surface area contributed by atoms with Crippen LogP contribution in [0.25, 0.3) is 0 Å². The Bertz CT molecular complexity index is 699. The Hall–Kier alpha value is -2.34. The van der Waals surface area contributed by atoms with Crippen molar-refractivity contribution in [2.45, 2.75) is 19.9 Å². The summed E-state index contributed by atoms with van der Waals surface area (Å²) in [7, 11) is 1.26. The summed E-state index contributed by atoms with van der Waals surface area (Å²) in [6, 6.07) is 6.85. The number of rotatable bonds is 6. The Labute approximate surface area is 139 Å². The third kappa shape index (κ3) is 4.10. The van der Waals surface area contributed by atoms with Gasteiger partial charge < -0.3 is 14.1 Å². The molecule has 0 spiro atoms. The number of benzene rings is 1. The van der Waals surface area contributed by atoms with E-state index in [4.69, 9.17) is 16.0 Å². The summed E-state index contributed by atoms with van der Waals surface area (Å²) in [5.41, 5.74) is 0.492. The second-order valence-corrected chi connectivity index (χ2v) is 5.23. The third-order valence-electron chi connectivity index (χ3n) is 3.16. The summed E-state index contributed by atoms with van der Waals surface area (Å²) in [6.45, 7) is 2.62. The number of hydrogen-bond donors (Lipinski definition) is 0. The van der Waals surface area contributed by atoms with Crippen molar-refractivity contribution in [2.24, 2.45) is 0 Å². The van der Waals surface area contributed by atoms with Crippen molar-refractivity contribution in [1.82, 2.24) is 9.88 Å². The number of esters is 1. The lowest BCUT2D eigenvalue weighted by Crippen LogP contribution is -2.31. The second-order valence-electron chi connectivity index (χ2n) is 4.82. The van der Waals surface area contributed by atoms with Gasteiger partial charge in [-0.15, -0.1) is 0 Å². The molecule has 1 aromatic carbocycles. The minimum atomic E-state index is -0.584. The standard InChI is InChI=1S/C16H17ClN2O4/c1-3-8-19(15(20)11-6-4-5-7-12(11)17)9-14-18-13(10-23-14)16(21)22-2/h4-7,10H,3,8-9H2,1-2H3. The molecule has 0 aliphatic carbocycles. The van der Waals surface area contributed by atoms with Crippen molar-refractivity contribution in [3.8, 4) is 0 Å². The number of hydrogen-bond acceptors (Lipinski definition) is 5. The minimum absolute atomic E-state index is 0.0733. The van der Waals surface area contributed by atoms with Gasteiger partial charge in [-0.05, 0) is 18.6 Å². The van der Waals surface area contributed by atoms with Crippen LogP contribution in [0.15, 0.2) is 34.9 Å². The van der Waals surface area contributed by atoms with Crippen molar-refractivity contribution in [1.29, 1.82) is 0 Å². The normalized spacial score (nSPS) is 10.4. The Morgan fingerprint density at radius 2 is 2.09 bits per heavy atom. The largest absolute Gasteiger partial charge is 0.464 e. The van der Waals surface area contributed by atoms with Gasteiger partial charge in [-0.25, -0.2) is 9.78 Å². The number of nitrogens with zero attached hydrogens (tertiary/aromatic N) is 2. The number of amides is 1. The van der Waals surface area contributed by atoms with Crippen molar-refractivity contribution in [3.05, 3.63) is 52.7 Å². The number of carbonyl (C=O) groups excluding carboxylic acids is 2. The lowest BCUT2D eigenvalue weighted by atomic mass is 10.2. The molecule has 1 amide bonds. The SMILES string of the molecule is CCCN(Cc1nc(C(=O)OC)co1)C(=O)c1ccccc1Cl. The molecule has 0 N–H and O–H groups in total. The smallest absolute Gasteiger partial charge is 0.360 e. The summed E-state index contributed by atoms with van der Waals surface area (Å²) < 4.78 is 9.82. The van der Waals surface area contributed by atoms with E-state index in [-0.39, 0.29) is 24.0 Å². The van der Waals surface area contributed by atoms with E-state index in [0.29, 0.717) is 17.1 Å². The zero-order valence-electron chi connectivity index (χ0n) is 12.9. The lowest BCUT2D eigenvalue weighted by molar-refractivity contribution is 0.0594. The average Bonchev–Trinajstić information content (AvgIpc) is 3.02. The molecular weight excluding hydrogens is 320 g/mol. The van der Waals surface area contributed by atoms with Crippen LogP contribution in [0, 0.1) is 0 Å². The number of aromatic nitrogens is 1. The van der Waals surface area contributed by atoms with Gasteiger partial charge in [-0.3, -0.25) is 4.79 Å². The second kappa shape index (κ2) is 7.78. The van der Waals surface area contributed by atoms with E-state index in [0.717, 1.165) is 6.42 Å². The predicted octanol–water partition coefficient (Wildman–Crippen LogP) is 3.17. The molecule has 0 aliphatic heterocycles. The van der Waals surface area contributed by atoms with Crippen molar-refractivity contribution >= 4 is 23.5 Å². The maximum atomic E-state index is 12.6. The Morgan fingerprint density at radius 3 is 2.74 bits per heavy atom. The molecule has 0 unspecified atom stereocenters. The zero-order valence-corrected chi connectivity index (χ0v) is 13.7. The van der Waals surface area contributed by atoms with Gasteiger partial charge in [0.2, 0.25) is 5.89 Å². The van der Waals surface area contributed by atoms with Crippen LogP contribution in [-0.2, 0) is 11.3 Å². The first-order valence-electron chi connectivity index (χ1n) is 7.13. The van der Waals surface area contributed by atoms with E-state index in [2.05, 4.69) is 9.72 Å². The van der Waals surface area contributed by atoms with Crippen molar-refractivity contribution in [3.63, 3.8) is 0 Å². The molecule has 1 aromatic heterocycles. The number of carbonyl (C=O) groups is 2. The van der Waals surface area contributed by atoms with Crippen LogP contribution in [0.4, 0.5) is 0 Å². The quantitative estimate of drug-likeness (QED) is 0.757. The van der Waals surface area contributed by atoms with E-state index in [9.17, 15) is 9.59 Å². The first-order chi connectivity index (χ1) is 11.1. The van der Waals surface area contributed by atoms with Crippen LogP contribution in [0.2, 0.25) is 5.02 Å². The molecule has 0 saturated carbocycles. The Kier molecular flexibility index (Phi) is 5.76. The molecule has 2 aromatic rings. The molecule has 7 heteroatoms. The molecule has 0 fully saturated rings. The zero-order chi connectivity index (χ0) is 16.8. The van der Waals surface area contributed by atoms with E-state index < -0.39 is 5.97 Å². The molecule has 0 radical (unpaired) electrons. The van der Waals surface area contributed by atoms with E-state index in [1.165, 1.54) is 13.4 Å². The highest BCUT2D eigenvalue weighted by atomic mass is 35.5. The van der Waals surface area contributed by atoms with Gasteiger partial charge in [0.05, 0.1) is 24.2 Å². The molecular formula is C16H17ClN2O4. The number of halogens is 1. The van der Waals surface area contributed by atoms with Gasteiger partial charge in [0.25, 0.3) is 5.91 Å². The van der Waals surface area contributed by atoms with Crippen LogP contribution in [0.5, 0.6) is 0 Å². The van der Waals surface area contributed by atoms with Gasteiger partial charge in [0.15, 0.2) is 5.69 Å². The predicted molar refractivity (Wildman–Crippen MR) is 84.3 cm³/mol. The Morgan fingerprint density at radius 1 is 1.35 bits per heavy atom. The highest BCUT2D eigenvalue weighted by molar-refractivity contribution is 6.33. The molecule has 122 valence electrons. The van der Waals surface area contributed by atoms with Crippen LogP contribution >= 0.6 is 11.6 Å². The number of methoxy groups -OCH3 is 1. The molecule has 0 atom stereocenters. The van der Waals surface area contributed by atoms with Gasteiger partial charge in [-0.2, -0.15) is 0 Å². The summed E-state index contributed by atoms with van der Waals surface area (Å²) in [4.78, 5) is 29.6. The average molecular weight is 337 g/mol. The van der Waals surface area contributed by atoms with E-state index in [1.54, 1.807) is 29.2 Å². The molecule has 2 rings (SSSR count). The first-order valence-corrected chi connectivity index (χ1v) is 7.51. The topological polar surface area (TPSA) is 72.6 Å². The highest BCUT2D eigenvalue weighted by Crippen LogP contribution is 2.18. The maximum Gasteiger partial charge on any atom is 0.360 e. The van der Waals surface area contributed by atoms with Crippen molar-refractivity contribution in [2.75, 3.05) is 13.7 Å². The summed E-state index contributed by atoms with van der Waals surface area (Å²) in [5, 5.41) is 0.390. The van der Waals surface area contributed by atoms with Crippen LogP contribution in [0.1, 0.15) is 40.1 Å². The molecule has 0 bridgehead atoms. The minimum Gasteiger partial charge on any atom is -0.464 e. The molecule has 1 heterocycles. The maximum absolute atomic E-state index is 12.6. The van der Waals surface area contributed by atoms with Gasteiger partial charge in [0.1, 0.15) is 6.26 Å². The first kappa shape index (κ1) is 17.0. The summed E-state index contributed by atoms with van der Waals surface area (Å²) >= 11 is 6.08. The molecule has 0 aliphatic rings. The van der Waals surface area contributed by atoms with Crippen molar-refractivity contribution < 1.29 is 18.7 Å². The Balaban J connectivity index is 2.18. The number of ether oxygens (including phenoxy) is 1. The molecule has 23 heavy (non-hydrogen) atoms. The van der Waals surface area contributed by atoms with Gasteiger partial charge in [-0.1, -0.05) is 30.7 Å². The van der Waals surface area contributed by atoms with E-state index in [1.807, 2.05) is 6.92 Å². The highest BCUT2D eigenvalue weighted by Gasteiger charge is 2.21. The third-order valence-corrected chi connectivity index (χ3v) is 3.49. The molecule has 6 nitrogen and oxygen atoms in total. The fourth-order valence-corrected chi connectivity index (χ4v) is 2.29. The van der Waals surface area contributed by atoms with Gasteiger partial charge >= 0.3 is 5.97 Å². The van der Waals surface area contributed by atoms with Crippen LogP contribution in [0.3, 0.4) is 0 Å². The fraction of sp³-hybridized carbons (Fsp3) is 0.312. The van der Waals surface area contributed by atoms with Gasteiger partial charge in [0, 0.05) is 6.54 Å². The summed E-state index contributed by atoms with van der Waals surface area (Å²) in [5.74, 6) is -0.533. The van der Waals surface area contributed by atoms with Crippen LogP contribution in [-0.4, -0.2) is 35.4 Å². The summed E-state index contributed by atoms with van der Waals surface area (Å²) in [6.07, 6.45) is 1.98. The molecule has 0 saturated heterocycles. The monoisotopic (exact) mass is 336 g/mol. The van der Waals surface area contributed by atoms with Crippen LogP contribution < -0.4 is 0 Å². The number of oxazole rings is 1.